The van der Waals surface area contributed by atoms with E-state index in [4.69, 9.17) is 0 Å². The second kappa shape index (κ2) is 5.36. The van der Waals surface area contributed by atoms with E-state index < -0.39 is 0 Å². The Bertz CT molecular complexity index is 729. The van der Waals surface area contributed by atoms with Gasteiger partial charge in [0.1, 0.15) is 5.69 Å². The minimum absolute atomic E-state index is 0.277. The summed E-state index contributed by atoms with van der Waals surface area (Å²) in [6.07, 6.45) is 4.90. The van der Waals surface area contributed by atoms with Crippen LogP contribution in [0.25, 0.3) is 10.9 Å². The van der Waals surface area contributed by atoms with Crippen LogP contribution in [0, 0.1) is 0 Å². The number of hydrogen-bond acceptors (Lipinski definition) is 3. The minimum Gasteiger partial charge on any atom is -0.350 e. The number of nitrogens with one attached hydrogen (secondary N) is 2. The SMILES string of the molecule is O=C(NN=Cc1cccnc1)c1cc2ccccc2[nH]1. The van der Waals surface area contributed by atoms with Crippen LogP contribution in [0.3, 0.4) is 0 Å². The first-order valence-corrected chi connectivity index (χ1v) is 6.14. The van der Waals surface area contributed by atoms with E-state index in [1.165, 1.54) is 0 Å². The first-order valence-electron chi connectivity index (χ1n) is 6.14. The average molecular weight is 264 g/mol. The molecular formula is C15H12N4O. The molecule has 2 aromatic heterocycles. The second-order valence-electron chi connectivity index (χ2n) is 4.26. The third-order valence-electron chi connectivity index (χ3n) is 2.84. The number of rotatable bonds is 3. The first kappa shape index (κ1) is 12.1. The summed E-state index contributed by atoms with van der Waals surface area (Å²) in [6.45, 7) is 0. The van der Waals surface area contributed by atoms with Gasteiger partial charge in [0.25, 0.3) is 5.91 Å². The average Bonchev–Trinajstić information content (AvgIpc) is 2.92. The highest BCUT2D eigenvalue weighted by atomic mass is 16.2. The number of amides is 1. The summed E-state index contributed by atoms with van der Waals surface area (Å²) < 4.78 is 0. The summed E-state index contributed by atoms with van der Waals surface area (Å²) >= 11 is 0. The van der Waals surface area contributed by atoms with Crippen molar-refractivity contribution in [3.8, 4) is 0 Å². The molecule has 0 aliphatic rings. The van der Waals surface area contributed by atoms with Gasteiger partial charge >= 0.3 is 0 Å². The van der Waals surface area contributed by atoms with Gasteiger partial charge in [-0.25, -0.2) is 5.43 Å². The van der Waals surface area contributed by atoms with E-state index in [1.807, 2.05) is 30.3 Å². The van der Waals surface area contributed by atoms with E-state index in [2.05, 4.69) is 20.5 Å². The number of fused-ring (bicyclic) bond motifs is 1. The Balaban J connectivity index is 1.71. The highest BCUT2D eigenvalue weighted by molar-refractivity contribution is 5.98. The lowest BCUT2D eigenvalue weighted by atomic mass is 10.2. The molecule has 0 aliphatic heterocycles. The monoisotopic (exact) mass is 264 g/mol. The van der Waals surface area contributed by atoms with Crippen molar-refractivity contribution in [3.63, 3.8) is 0 Å². The van der Waals surface area contributed by atoms with Crippen molar-refractivity contribution in [1.29, 1.82) is 0 Å². The molecule has 5 nitrogen and oxygen atoms in total. The van der Waals surface area contributed by atoms with Crippen LogP contribution in [-0.2, 0) is 0 Å². The number of nitrogens with zero attached hydrogens (tertiary/aromatic N) is 2. The fourth-order valence-electron chi connectivity index (χ4n) is 1.87. The van der Waals surface area contributed by atoms with Crippen LogP contribution in [-0.4, -0.2) is 22.1 Å². The van der Waals surface area contributed by atoms with E-state index in [-0.39, 0.29) is 5.91 Å². The molecule has 0 bridgehead atoms. The zero-order valence-corrected chi connectivity index (χ0v) is 10.6. The zero-order valence-electron chi connectivity index (χ0n) is 10.6. The van der Waals surface area contributed by atoms with Crippen molar-refractivity contribution < 1.29 is 4.79 Å². The van der Waals surface area contributed by atoms with Gasteiger partial charge < -0.3 is 4.98 Å². The van der Waals surface area contributed by atoms with E-state index in [1.54, 1.807) is 30.7 Å². The Morgan fingerprint density at radius 1 is 1.25 bits per heavy atom. The van der Waals surface area contributed by atoms with Gasteiger partial charge in [-0.1, -0.05) is 24.3 Å². The lowest BCUT2D eigenvalue weighted by Gasteiger charge is -1.95. The molecule has 0 unspecified atom stereocenters. The number of para-hydroxylation sites is 1. The fraction of sp³-hybridized carbons (Fsp3) is 0. The minimum atomic E-state index is -0.277. The zero-order chi connectivity index (χ0) is 13.8. The Hall–Kier alpha value is -2.95. The first-order chi connectivity index (χ1) is 9.83. The quantitative estimate of drug-likeness (QED) is 0.563. The van der Waals surface area contributed by atoms with Crippen molar-refractivity contribution in [2.45, 2.75) is 0 Å². The largest absolute Gasteiger partial charge is 0.350 e. The standard InChI is InChI=1S/C15H12N4O/c20-15(19-17-10-11-4-3-7-16-9-11)14-8-12-5-1-2-6-13(12)18-14/h1-10,18H,(H,19,20). The lowest BCUT2D eigenvalue weighted by Crippen LogP contribution is -2.17. The molecule has 0 fully saturated rings. The summed E-state index contributed by atoms with van der Waals surface area (Å²) in [5.74, 6) is -0.277. The molecule has 0 radical (unpaired) electrons. The van der Waals surface area contributed by atoms with E-state index in [9.17, 15) is 4.79 Å². The molecule has 0 spiro atoms. The Kier molecular flexibility index (Phi) is 3.24. The number of aromatic amines is 1. The molecule has 0 saturated carbocycles. The van der Waals surface area contributed by atoms with Gasteiger partial charge in [-0.15, -0.1) is 0 Å². The van der Waals surface area contributed by atoms with E-state index >= 15 is 0 Å². The summed E-state index contributed by atoms with van der Waals surface area (Å²) in [4.78, 5) is 18.9. The van der Waals surface area contributed by atoms with Crippen LogP contribution in [0.15, 0.2) is 60.0 Å². The van der Waals surface area contributed by atoms with Crippen molar-refractivity contribution in [1.82, 2.24) is 15.4 Å². The maximum atomic E-state index is 11.9. The highest BCUT2D eigenvalue weighted by Crippen LogP contribution is 2.14. The van der Waals surface area contributed by atoms with Crippen LogP contribution in [0.1, 0.15) is 16.1 Å². The van der Waals surface area contributed by atoms with Crippen molar-refractivity contribution >= 4 is 23.0 Å². The fourth-order valence-corrected chi connectivity index (χ4v) is 1.87. The highest BCUT2D eigenvalue weighted by Gasteiger charge is 2.07. The summed E-state index contributed by atoms with van der Waals surface area (Å²) in [5, 5.41) is 4.90. The Labute approximate surface area is 115 Å². The molecule has 3 rings (SSSR count). The Morgan fingerprint density at radius 2 is 2.15 bits per heavy atom. The molecular weight excluding hydrogens is 252 g/mol. The van der Waals surface area contributed by atoms with Crippen LogP contribution in [0.4, 0.5) is 0 Å². The van der Waals surface area contributed by atoms with Gasteiger partial charge in [-0.3, -0.25) is 9.78 Å². The smallest absolute Gasteiger partial charge is 0.287 e. The number of carbonyl (C=O) groups is 1. The molecule has 3 aromatic rings. The Morgan fingerprint density at radius 3 is 2.95 bits per heavy atom. The number of aromatic nitrogens is 2. The van der Waals surface area contributed by atoms with Crippen LogP contribution < -0.4 is 5.43 Å². The molecule has 20 heavy (non-hydrogen) atoms. The molecule has 1 amide bonds. The summed E-state index contributed by atoms with van der Waals surface area (Å²) in [5.41, 5.74) is 4.71. The lowest BCUT2D eigenvalue weighted by molar-refractivity contribution is 0.0951. The van der Waals surface area contributed by atoms with Crippen LogP contribution in [0.5, 0.6) is 0 Å². The summed E-state index contributed by atoms with van der Waals surface area (Å²) in [6, 6.07) is 13.2. The van der Waals surface area contributed by atoms with Crippen LogP contribution >= 0.6 is 0 Å². The third kappa shape index (κ3) is 2.56. The number of carbonyl (C=O) groups excluding carboxylic acids is 1. The van der Waals surface area contributed by atoms with E-state index in [0.29, 0.717) is 5.69 Å². The second-order valence-corrected chi connectivity index (χ2v) is 4.26. The summed E-state index contributed by atoms with van der Waals surface area (Å²) in [7, 11) is 0. The van der Waals surface area contributed by atoms with Crippen molar-refractivity contribution in [2.75, 3.05) is 0 Å². The predicted octanol–water partition coefficient (Wildman–Crippen LogP) is 2.33. The maximum Gasteiger partial charge on any atom is 0.287 e. The van der Waals surface area contributed by atoms with Gasteiger partial charge in [0.2, 0.25) is 0 Å². The number of H-pyrrole nitrogens is 1. The number of benzene rings is 1. The number of hydrogen-bond donors (Lipinski definition) is 2. The van der Waals surface area contributed by atoms with Gasteiger partial charge in [0.05, 0.1) is 6.21 Å². The van der Waals surface area contributed by atoms with E-state index in [0.717, 1.165) is 16.5 Å². The molecule has 5 heteroatoms. The number of pyridine rings is 1. The normalized spacial score (nSPS) is 11.0. The molecule has 98 valence electrons. The molecule has 1 aromatic carbocycles. The predicted molar refractivity (Wildman–Crippen MR) is 77.6 cm³/mol. The van der Waals surface area contributed by atoms with Crippen molar-refractivity contribution in [3.05, 3.63) is 66.1 Å². The van der Waals surface area contributed by atoms with Gasteiger partial charge in [0.15, 0.2) is 0 Å². The van der Waals surface area contributed by atoms with Gasteiger partial charge in [0, 0.05) is 28.9 Å². The van der Waals surface area contributed by atoms with Crippen molar-refractivity contribution in [2.24, 2.45) is 5.10 Å². The van der Waals surface area contributed by atoms with Gasteiger partial charge in [-0.2, -0.15) is 5.10 Å². The molecule has 0 saturated heterocycles. The molecule has 0 aliphatic carbocycles. The molecule has 0 atom stereocenters. The third-order valence-corrected chi connectivity index (χ3v) is 2.84. The van der Waals surface area contributed by atoms with Crippen LogP contribution in [0.2, 0.25) is 0 Å². The molecule has 2 heterocycles. The van der Waals surface area contributed by atoms with Gasteiger partial charge in [-0.05, 0) is 18.2 Å². The molecule has 2 N–H and O–H groups in total. The maximum absolute atomic E-state index is 11.9. The number of hydrazone groups is 1. The topological polar surface area (TPSA) is 70.1 Å².